The Bertz CT molecular complexity index is 1770. The van der Waals surface area contributed by atoms with Crippen LogP contribution >= 0.6 is 23.2 Å². The number of anilines is 1. The van der Waals surface area contributed by atoms with Gasteiger partial charge in [-0.1, -0.05) is 41.4 Å². The fourth-order valence-corrected chi connectivity index (χ4v) is 3.74. The van der Waals surface area contributed by atoms with Crippen LogP contribution in [-0.2, 0) is 20.4 Å². The summed E-state index contributed by atoms with van der Waals surface area (Å²) in [6.07, 6.45) is -3.25. The van der Waals surface area contributed by atoms with Gasteiger partial charge in [-0.15, -0.1) is 0 Å². The average molecular weight is 669 g/mol. The van der Waals surface area contributed by atoms with E-state index in [9.17, 15) is 37.7 Å². The lowest BCUT2D eigenvalue weighted by Crippen LogP contribution is -2.22. The Labute approximate surface area is 261 Å². The summed E-state index contributed by atoms with van der Waals surface area (Å²) in [4.78, 5) is 45.4. The van der Waals surface area contributed by atoms with E-state index in [0.29, 0.717) is 11.8 Å². The first-order valence-electron chi connectivity index (χ1n) is 12.5. The highest BCUT2D eigenvalue weighted by Crippen LogP contribution is 2.37. The van der Waals surface area contributed by atoms with Crippen molar-refractivity contribution in [2.45, 2.75) is 13.1 Å². The molecule has 4 rings (SSSR count). The Kier molecular flexibility index (Phi) is 11.5. The molecule has 12 nitrogen and oxygen atoms in total. The number of carbonyl (C=O) groups excluding carboxylic acids is 2. The van der Waals surface area contributed by atoms with Crippen LogP contribution < -0.4 is 16.0 Å². The van der Waals surface area contributed by atoms with Crippen LogP contribution in [0.4, 0.5) is 24.5 Å². The van der Waals surface area contributed by atoms with Crippen LogP contribution in [0.5, 0.6) is 11.5 Å². The number of aromatic nitrogens is 2. The molecule has 1 aromatic heterocycles. The summed E-state index contributed by atoms with van der Waals surface area (Å²) >= 11 is 11.5. The smallest absolute Gasteiger partial charge is 0.416 e. The van der Waals surface area contributed by atoms with Gasteiger partial charge in [0, 0.05) is 12.1 Å². The monoisotopic (exact) mass is 668 g/mol. The fourth-order valence-electron chi connectivity index (χ4n) is 3.39. The first-order chi connectivity index (χ1) is 21.2. The quantitative estimate of drug-likeness (QED) is 0.129. The minimum absolute atomic E-state index is 0.00569. The molecule has 45 heavy (non-hydrogen) atoms. The highest BCUT2D eigenvalue weighted by Gasteiger charge is 2.31. The van der Waals surface area contributed by atoms with Crippen LogP contribution in [0.25, 0.3) is 5.69 Å². The number of nitro groups is 1. The predicted octanol–water partition coefficient (Wildman–Crippen LogP) is 6.25. The molecule has 0 saturated heterocycles. The molecular weight excluding hydrogens is 648 g/mol. The molecule has 0 amide bonds. The standard InChI is InChI=1S/C18H13ClF3NO7.C10H8ClN3O/c1-2-28-16(24)9-29-17(25)12-8-11(4-5-14(12)23(26)27)30-15-6-3-10(7-13(15)19)18(20,21)22;11-9-8(12)6-13-14(10(9)15)7-4-2-1-3-5-7/h3-8H,2,9H2,1H3;1-6H,12H2. The third-order valence-electron chi connectivity index (χ3n) is 5.44. The van der Waals surface area contributed by atoms with Gasteiger partial charge in [-0.2, -0.15) is 23.0 Å². The minimum Gasteiger partial charge on any atom is -0.463 e. The normalized spacial score (nSPS) is 10.7. The van der Waals surface area contributed by atoms with Crippen molar-refractivity contribution in [3.05, 3.63) is 115 Å². The number of hydrogen-bond donors (Lipinski definition) is 1. The molecule has 0 saturated carbocycles. The fraction of sp³-hybridized carbons (Fsp3) is 0.143. The number of nitrogens with zero attached hydrogens (tertiary/aromatic N) is 3. The van der Waals surface area contributed by atoms with E-state index in [0.717, 1.165) is 30.3 Å². The number of nitrogens with two attached hydrogens (primary N) is 1. The van der Waals surface area contributed by atoms with Gasteiger partial charge in [-0.05, 0) is 43.3 Å². The van der Waals surface area contributed by atoms with E-state index in [-0.39, 0.29) is 33.8 Å². The number of halogens is 5. The molecule has 0 atom stereocenters. The number of hydrogen-bond acceptors (Lipinski definition) is 10. The number of para-hydroxylation sites is 1. The molecule has 2 N–H and O–H groups in total. The number of benzene rings is 3. The van der Waals surface area contributed by atoms with Crippen molar-refractivity contribution in [3.63, 3.8) is 0 Å². The molecule has 1 heterocycles. The Hall–Kier alpha value is -5.15. The van der Waals surface area contributed by atoms with Crippen molar-refractivity contribution in [1.29, 1.82) is 0 Å². The second kappa shape index (κ2) is 15.0. The molecule has 0 unspecified atom stereocenters. The van der Waals surface area contributed by atoms with Crippen LogP contribution in [0.1, 0.15) is 22.8 Å². The number of rotatable bonds is 8. The van der Waals surface area contributed by atoms with Crippen molar-refractivity contribution in [1.82, 2.24) is 9.78 Å². The molecule has 0 fully saturated rings. The average Bonchev–Trinajstić information content (AvgIpc) is 3.00. The van der Waals surface area contributed by atoms with E-state index in [2.05, 4.69) is 9.84 Å². The molecule has 3 aromatic carbocycles. The number of alkyl halides is 3. The maximum absolute atomic E-state index is 12.7. The van der Waals surface area contributed by atoms with Crippen LogP contribution in [0.3, 0.4) is 0 Å². The van der Waals surface area contributed by atoms with E-state index < -0.39 is 52.0 Å². The van der Waals surface area contributed by atoms with Crippen LogP contribution in [0.2, 0.25) is 10.0 Å². The summed E-state index contributed by atoms with van der Waals surface area (Å²) in [5, 5.41) is 14.7. The Balaban J connectivity index is 0.000000305. The topological polar surface area (TPSA) is 166 Å². The van der Waals surface area contributed by atoms with E-state index in [4.69, 9.17) is 38.4 Å². The van der Waals surface area contributed by atoms with E-state index in [1.165, 1.54) is 17.8 Å². The van der Waals surface area contributed by atoms with Gasteiger partial charge in [-0.25, -0.2) is 9.59 Å². The largest absolute Gasteiger partial charge is 0.463 e. The van der Waals surface area contributed by atoms with Crippen molar-refractivity contribution >= 4 is 46.5 Å². The van der Waals surface area contributed by atoms with Crippen molar-refractivity contribution < 1.29 is 41.9 Å². The molecule has 0 aliphatic carbocycles. The molecule has 0 spiro atoms. The summed E-state index contributed by atoms with van der Waals surface area (Å²) in [5.41, 5.74) is 3.73. The van der Waals surface area contributed by atoms with Gasteiger partial charge in [0.1, 0.15) is 22.1 Å². The molecule has 0 bridgehead atoms. The zero-order chi connectivity index (χ0) is 33.3. The first-order valence-corrected chi connectivity index (χ1v) is 13.2. The number of carbonyl (C=O) groups is 2. The SMILES string of the molecule is CCOC(=O)COC(=O)c1cc(Oc2ccc(C(F)(F)F)cc2Cl)ccc1[N+](=O)[O-].Nc1cnn(-c2ccccc2)c(=O)c1Cl. The van der Waals surface area contributed by atoms with Crippen molar-refractivity contribution in [2.24, 2.45) is 0 Å². The number of nitrogen functional groups attached to an aromatic ring is 1. The summed E-state index contributed by atoms with van der Waals surface area (Å²) in [6, 6.07) is 14.4. The van der Waals surface area contributed by atoms with Gasteiger partial charge in [-0.3, -0.25) is 14.9 Å². The van der Waals surface area contributed by atoms with Crippen molar-refractivity contribution in [3.8, 4) is 17.2 Å². The summed E-state index contributed by atoms with van der Waals surface area (Å²) in [6.45, 7) is 0.825. The second-order valence-corrected chi connectivity index (χ2v) is 9.31. The molecule has 0 radical (unpaired) electrons. The lowest BCUT2D eigenvalue weighted by Gasteiger charge is -2.12. The van der Waals surface area contributed by atoms with Gasteiger partial charge in [0.2, 0.25) is 0 Å². The van der Waals surface area contributed by atoms with E-state index in [1.54, 1.807) is 12.1 Å². The molecule has 236 valence electrons. The van der Waals surface area contributed by atoms with E-state index in [1.807, 2.05) is 18.2 Å². The van der Waals surface area contributed by atoms with Crippen molar-refractivity contribution in [2.75, 3.05) is 18.9 Å². The summed E-state index contributed by atoms with van der Waals surface area (Å²) in [7, 11) is 0. The molecule has 4 aromatic rings. The highest BCUT2D eigenvalue weighted by molar-refractivity contribution is 6.32. The van der Waals surface area contributed by atoms with Gasteiger partial charge in [0.25, 0.3) is 11.2 Å². The van der Waals surface area contributed by atoms with Gasteiger partial charge in [0.15, 0.2) is 6.61 Å². The maximum atomic E-state index is 12.7. The second-order valence-electron chi connectivity index (χ2n) is 8.53. The zero-order valence-corrected chi connectivity index (χ0v) is 24.4. The van der Waals surface area contributed by atoms with Crippen LogP contribution in [0.15, 0.2) is 77.7 Å². The van der Waals surface area contributed by atoms with E-state index >= 15 is 0 Å². The molecule has 0 aliphatic rings. The predicted molar refractivity (Wildman–Crippen MR) is 156 cm³/mol. The van der Waals surface area contributed by atoms with Crippen LogP contribution in [-0.4, -0.2) is 39.9 Å². The molecular formula is C28H21Cl2F3N4O8. The highest BCUT2D eigenvalue weighted by atomic mass is 35.5. The Morgan fingerprint density at radius 3 is 2.33 bits per heavy atom. The first kappa shape index (κ1) is 34.3. The molecule has 0 aliphatic heterocycles. The summed E-state index contributed by atoms with van der Waals surface area (Å²) in [5.74, 6) is -2.36. The third kappa shape index (κ3) is 9.17. The van der Waals surface area contributed by atoms with Crippen LogP contribution in [0, 0.1) is 10.1 Å². The number of nitro benzene ring substituents is 1. The lowest BCUT2D eigenvalue weighted by molar-refractivity contribution is -0.385. The minimum atomic E-state index is -4.61. The Morgan fingerprint density at radius 1 is 1.04 bits per heavy atom. The molecule has 17 heteroatoms. The third-order valence-corrected chi connectivity index (χ3v) is 6.12. The van der Waals surface area contributed by atoms with Gasteiger partial charge in [0.05, 0.1) is 39.7 Å². The maximum Gasteiger partial charge on any atom is 0.416 e. The number of esters is 2. The van der Waals surface area contributed by atoms with Gasteiger partial charge < -0.3 is 19.9 Å². The Morgan fingerprint density at radius 2 is 1.73 bits per heavy atom. The zero-order valence-electron chi connectivity index (χ0n) is 22.9. The lowest BCUT2D eigenvalue weighted by atomic mass is 10.1. The number of ether oxygens (including phenoxy) is 3. The summed E-state index contributed by atoms with van der Waals surface area (Å²) < 4.78 is 54.0. The van der Waals surface area contributed by atoms with Gasteiger partial charge >= 0.3 is 18.1 Å².